The Hall–Kier alpha value is -1.46. The summed E-state index contributed by atoms with van der Waals surface area (Å²) >= 11 is 0. The number of carbonyl (C=O) groups is 1. The molecule has 0 radical (unpaired) electrons. The maximum atomic E-state index is 13.7. The monoisotopic (exact) mass is 239 g/mol. The predicted octanol–water partition coefficient (Wildman–Crippen LogP) is 1.82. The molecule has 0 spiro atoms. The molecule has 3 rings (SSSR count). The number of alkyl halides is 1. The molecule has 1 aromatic rings. The van der Waals surface area contributed by atoms with Crippen LogP contribution >= 0.6 is 0 Å². The van der Waals surface area contributed by atoms with Crippen molar-refractivity contribution in [2.75, 3.05) is 6.61 Å². The third-order valence-electron chi connectivity index (χ3n) is 3.32. The molecule has 0 amide bonds. The van der Waals surface area contributed by atoms with Crippen molar-refractivity contribution in [2.45, 2.75) is 38.4 Å². The Labute approximate surface area is 98.0 Å². The fourth-order valence-corrected chi connectivity index (χ4v) is 2.37. The molecule has 1 unspecified atom stereocenters. The topological polar surface area (TPSA) is 57.0 Å². The van der Waals surface area contributed by atoms with Gasteiger partial charge in [0.15, 0.2) is 12.0 Å². The standard InChI is InChI=1S/C11H14FN3O2/c1-2-17-11(16)9-13-10-7(12)5-8(6-3-4-6)15(10)14-9/h6-8H,2-5H2,1H3/t7-,8?/m0/s1. The molecule has 1 saturated carbocycles. The highest BCUT2D eigenvalue weighted by molar-refractivity contribution is 5.85. The molecule has 1 fully saturated rings. The molecule has 5 nitrogen and oxygen atoms in total. The van der Waals surface area contributed by atoms with E-state index in [2.05, 4.69) is 10.1 Å². The number of fused-ring (bicyclic) bond motifs is 1. The van der Waals surface area contributed by atoms with Gasteiger partial charge in [-0.25, -0.2) is 18.9 Å². The van der Waals surface area contributed by atoms with Gasteiger partial charge >= 0.3 is 5.97 Å². The number of esters is 1. The summed E-state index contributed by atoms with van der Waals surface area (Å²) in [5.74, 6) is 0.196. The van der Waals surface area contributed by atoms with Gasteiger partial charge in [-0.05, 0) is 25.7 Å². The molecule has 0 N–H and O–H groups in total. The van der Waals surface area contributed by atoms with E-state index in [9.17, 15) is 9.18 Å². The molecular formula is C11H14FN3O2. The number of aromatic nitrogens is 3. The van der Waals surface area contributed by atoms with Crippen LogP contribution < -0.4 is 0 Å². The quantitative estimate of drug-likeness (QED) is 0.755. The van der Waals surface area contributed by atoms with Gasteiger partial charge in [0.1, 0.15) is 0 Å². The van der Waals surface area contributed by atoms with Crippen LogP contribution in [0, 0.1) is 5.92 Å². The van der Waals surface area contributed by atoms with E-state index in [-0.39, 0.29) is 24.3 Å². The van der Waals surface area contributed by atoms with E-state index in [1.165, 1.54) is 0 Å². The van der Waals surface area contributed by atoms with Gasteiger partial charge in [-0.15, -0.1) is 5.10 Å². The first-order valence-corrected chi connectivity index (χ1v) is 5.98. The maximum Gasteiger partial charge on any atom is 0.378 e. The zero-order chi connectivity index (χ0) is 12.0. The summed E-state index contributed by atoms with van der Waals surface area (Å²) in [4.78, 5) is 15.4. The third-order valence-corrected chi connectivity index (χ3v) is 3.32. The molecule has 2 aliphatic rings. The van der Waals surface area contributed by atoms with Crippen molar-refractivity contribution in [3.05, 3.63) is 11.6 Å². The van der Waals surface area contributed by atoms with Gasteiger partial charge in [-0.3, -0.25) is 0 Å². The van der Waals surface area contributed by atoms with Gasteiger partial charge in [0.2, 0.25) is 0 Å². The van der Waals surface area contributed by atoms with Crippen LogP contribution in [0.5, 0.6) is 0 Å². The maximum absolute atomic E-state index is 13.7. The molecule has 92 valence electrons. The lowest BCUT2D eigenvalue weighted by Crippen LogP contribution is -2.11. The Morgan fingerprint density at radius 3 is 3.00 bits per heavy atom. The van der Waals surface area contributed by atoms with Crippen LogP contribution in [-0.2, 0) is 4.74 Å². The number of hydrogen-bond donors (Lipinski definition) is 0. The third kappa shape index (κ3) is 1.71. The van der Waals surface area contributed by atoms with Crippen molar-refractivity contribution < 1.29 is 13.9 Å². The summed E-state index contributed by atoms with van der Waals surface area (Å²) in [6.07, 6.45) is 1.58. The zero-order valence-corrected chi connectivity index (χ0v) is 9.60. The van der Waals surface area contributed by atoms with E-state index in [0.717, 1.165) is 12.8 Å². The highest BCUT2D eigenvalue weighted by Gasteiger charge is 2.43. The molecule has 17 heavy (non-hydrogen) atoms. The summed E-state index contributed by atoms with van der Waals surface area (Å²) in [7, 11) is 0. The largest absolute Gasteiger partial charge is 0.460 e. The van der Waals surface area contributed by atoms with Crippen molar-refractivity contribution in [1.29, 1.82) is 0 Å². The molecule has 1 aromatic heterocycles. The molecule has 1 aliphatic carbocycles. The average molecular weight is 239 g/mol. The number of halogens is 1. The highest BCUT2D eigenvalue weighted by Crippen LogP contribution is 2.48. The smallest absolute Gasteiger partial charge is 0.378 e. The summed E-state index contributed by atoms with van der Waals surface area (Å²) in [5, 5.41) is 4.09. The van der Waals surface area contributed by atoms with Gasteiger partial charge < -0.3 is 4.74 Å². The summed E-state index contributed by atoms with van der Waals surface area (Å²) in [5.41, 5.74) is 0. The van der Waals surface area contributed by atoms with Crippen molar-refractivity contribution in [2.24, 2.45) is 5.92 Å². The Balaban J connectivity index is 1.89. The molecule has 0 aromatic carbocycles. The minimum absolute atomic E-state index is 0.0187. The highest BCUT2D eigenvalue weighted by atomic mass is 19.1. The minimum atomic E-state index is -1.10. The number of hydrogen-bond acceptors (Lipinski definition) is 4. The molecule has 6 heteroatoms. The summed E-state index contributed by atoms with van der Waals surface area (Å²) < 4.78 is 20.1. The summed E-state index contributed by atoms with van der Waals surface area (Å²) in [6, 6.07) is 0.0793. The van der Waals surface area contributed by atoms with E-state index >= 15 is 0 Å². The summed E-state index contributed by atoms with van der Waals surface area (Å²) in [6.45, 7) is 1.99. The molecule has 0 bridgehead atoms. The Morgan fingerprint density at radius 2 is 2.35 bits per heavy atom. The normalized spacial score (nSPS) is 26.9. The Bertz CT molecular complexity index is 456. The molecule has 2 atom stereocenters. The first-order chi connectivity index (χ1) is 8.20. The lowest BCUT2D eigenvalue weighted by atomic mass is 10.1. The predicted molar refractivity (Wildman–Crippen MR) is 56.2 cm³/mol. The second-order valence-electron chi connectivity index (χ2n) is 4.57. The van der Waals surface area contributed by atoms with Crippen LogP contribution in [0.1, 0.15) is 54.8 Å². The Kier molecular flexibility index (Phi) is 2.38. The SMILES string of the molecule is CCOC(=O)c1nc2n(n1)C(C1CC1)C[C@@H]2F. The van der Waals surface area contributed by atoms with Crippen LogP contribution in [-0.4, -0.2) is 27.3 Å². The molecular weight excluding hydrogens is 225 g/mol. The molecule has 0 saturated heterocycles. The van der Waals surface area contributed by atoms with E-state index in [4.69, 9.17) is 4.74 Å². The van der Waals surface area contributed by atoms with Gasteiger partial charge in [-0.2, -0.15) is 0 Å². The van der Waals surface area contributed by atoms with Crippen LogP contribution in [0.25, 0.3) is 0 Å². The first-order valence-electron chi connectivity index (χ1n) is 5.98. The number of nitrogens with zero attached hydrogens (tertiary/aromatic N) is 3. The van der Waals surface area contributed by atoms with Crippen LogP contribution in [0.3, 0.4) is 0 Å². The van der Waals surface area contributed by atoms with Crippen LogP contribution in [0.2, 0.25) is 0 Å². The van der Waals surface area contributed by atoms with Crippen molar-refractivity contribution in [1.82, 2.24) is 14.8 Å². The zero-order valence-electron chi connectivity index (χ0n) is 9.60. The number of ether oxygens (including phenoxy) is 1. The minimum Gasteiger partial charge on any atom is -0.460 e. The lowest BCUT2D eigenvalue weighted by Gasteiger charge is -2.08. The molecule has 2 heterocycles. The second kappa shape index (κ2) is 3.78. The first kappa shape index (κ1) is 10.7. The van der Waals surface area contributed by atoms with Gasteiger partial charge in [-0.1, -0.05) is 0 Å². The number of rotatable bonds is 3. The second-order valence-corrected chi connectivity index (χ2v) is 4.57. The molecule has 1 aliphatic heterocycles. The van der Waals surface area contributed by atoms with Crippen LogP contribution in [0.15, 0.2) is 0 Å². The van der Waals surface area contributed by atoms with Crippen molar-refractivity contribution >= 4 is 5.97 Å². The number of carbonyl (C=O) groups excluding carboxylic acids is 1. The van der Waals surface area contributed by atoms with Gasteiger partial charge in [0.05, 0.1) is 12.6 Å². The fourth-order valence-electron chi connectivity index (χ4n) is 2.37. The van der Waals surface area contributed by atoms with Crippen LogP contribution in [0.4, 0.5) is 4.39 Å². The average Bonchev–Trinajstić information content (AvgIpc) is 2.95. The van der Waals surface area contributed by atoms with E-state index < -0.39 is 12.1 Å². The van der Waals surface area contributed by atoms with Gasteiger partial charge in [0.25, 0.3) is 5.82 Å². The van der Waals surface area contributed by atoms with Crippen molar-refractivity contribution in [3.8, 4) is 0 Å². The van der Waals surface area contributed by atoms with E-state index in [1.54, 1.807) is 11.6 Å². The van der Waals surface area contributed by atoms with Gasteiger partial charge in [0, 0.05) is 6.42 Å². The van der Waals surface area contributed by atoms with E-state index in [1.807, 2.05) is 0 Å². The van der Waals surface area contributed by atoms with E-state index in [0.29, 0.717) is 12.3 Å². The lowest BCUT2D eigenvalue weighted by molar-refractivity contribution is 0.0510. The Morgan fingerprint density at radius 1 is 1.59 bits per heavy atom. The fraction of sp³-hybridized carbons (Fsp3) is 0.727. The van der Waals surface area contributed by atoms with Crippen molar-refractivity contribution in [3.63, 3.8) is 0 Å².